The van der Waals surface area contributed by atoms with Gasteiger partial charge in [0.25, 0.3) is 0 Å². The average molecular weight is 236 g/mol. The fourth-order valence-electron chi connectivity index (χ4n) is 3.63. The van der Waals surface area contributed by atoms with Gasteiger partial charge in [-0.25, -0.2) is 0 Å². The molecule has 0 amide bonds. The number of nitrogens with zero attached hydrogens (tertiary/aromatic N) is 1. The first-order chi connectivity index (χ1) is 8.14. The molecule has 3 rings (SSSR count). The first-order valence-electron chi connectivity index (χ1n) is 7.61. The van der Waals surface area contributed by atoms with Crippen molar-refractivity contribution in [2.24, 2.45) is 11.3 Å². The molecule has 0 radical (unpaired) electrons. The Bertz CT molecular complexity index is 270. The van der Waals surface area contributed by atoms with Gasteiger partial charge in [0.2, 0.25) is 0 Å². The second-order valence-corrected chi connectivity index (χ2v) is 7.33. The summed E-state index contributed by atoms with van der Waals surface area (Å²) in [6, 6.07) is 1.79. The van der Waals surface area contributed by atoms with Crippen molar-refractivity contribution in [3.05, 3.63) is 0 Å². The summed E-state index contributed by atoms with van der Waals surface area (Å²) in [4.78, 5) is 2.80. The van der Waals surface area contributed by atoms with Gasteiger partial charge in [-0.3, -0.25) is 4.90 Å². The molecule has 2 atom stereocenters. The van der Waals surface area contributed by atoms with Gasteiger partial charge in [0.15, 0.2) is 0 Å². The number of hydrogen-bond donors (Lipinski definition) is 1. The lowest BCUT2D eigenvalue weighted by Crippen LogP contribution is -2.55. The third-order valence-corrected chi connectivity index (χ3v) is 5.02. The molecule has 0 aromatic rings. The number of likely N-dealkylation sites (tertiary alicyclic amines) is 1. The van der Waals surface area contributed by atoms with Crippen molar-refractivity contribution in [2.75, 3.05) is 19.6 Å². The zero-order valence-electron chi connectivity index (χ0n) is 11.5. The van der Waals surface area contributed by atoms with Crippen molar-refractivity contribution < 1.29 is 0 Å². The first-order valence-corrected chi connectivity index (χ1v) is 7.61. The molecule has 2 unspecified atom stereocenters. The Morgan fingerprint density at radius 1 is 1.18 bits per heavy atom. The Labute approximate surface area is 106 Å². The minimum atomic E-state index is 0.558. The van der Waals surface area contributed by atoms with E-state index in [1.807, 2.05) is 0 Å². The van der Waals surface area contributed by atoms with E-state index in [-0.39, 0.29) is 0 Å². The molecule has 17 heavy (non-hydrogen) atoms. The number of hydrogen-bond acceptors (Lipinski definition) is 2. The van der Waals surface area contributed by atoms with Crippen LogP contribution in [-0.4, -0.2) is 36.6 Å². The molecule has 2 heteroatoms. The lowest BCUT2D eigenvalue weighted by Gasteiger charge is -2.49. The van der Waals surface area contributed by atoms with E-state index < -0.39 is 0 Å². The fourth-order valence-corrected chi connectivity index (χ4v) is 3.63. The van der Waals surface area contributed by atoms with Crippen LogP contribution in [0.3, 0.4) is 0 Å². The molecule has 1 heterocycles. The van der Waals surface area contributed by atoms with Gasteiger partial charge in [-0.2, -0.15) is 0 Å². The van der Waals surface area contributed by atoms with Crippen molar-refractivity contribution in [3.63, 3.8) is 0 Å². The Hall–Kier alpha value is -0.0800. The van der Waals surface area contributed by atoms with Gasteiger partial charge in [-0.05, 0) is 62.9 Å². The fraction of sp³-hybridized carbons (Fsp3) is 1.00. The van der Waals surface area contributed by atoms with Crippen LogP contribution in [0.25, 0.3) is 0 Å². The van der Waals surface area contributed by atoms with Gasteiger partial charge >= 0.3 is 0 Å². The monoisotopic (exact) mass is 236 g/mol. The second kappa shape index (κ2) is 4.55. The topological polar surface area (TPSA) is 15.3 Å². The molecule has 2 aliphatic carbocycles. The molecule has 3 fully saturated rings. The predicted molar refractivity (Wildman–Crippen MR) is 72.1 cm³/mol. The van der Waals surface area contributed by atoms with Crippen molar-refractivity contribution in [1.82, 2.24) is 10.2 Å². The van der Waals surface area contributed by atoms with E-state index in [1.54, 1.807) is 0 Å². The van der Waals surface area contributed by atoms with Gasteiger partial charge in [0.05, 0.1) is 0 Å². The maximum Gasteiger partial charge on any atom is 0.0136 e. The molecule has 1 N–H and O–H groups in total. The van der Waals surface area contributed by atoms with Crippen LogP contribution in [0.15, 0.2) is 0 Å². The van der Waals surface area contributed by atoms with E-state index in [0.717, 1.165) is 18.0 Å². The second-order valence-electron chi connectivity index (χ2n) is 7.33. The SMILES string of the molecule is CC1(C)CCCN(C2CCC2CNC2CC2)C1. The van der Waals surface area contributed by atoms with E-state index in [1.165, 1.54) is 58.2 Å². The zero-order chi connectivity index (χ0) is 11.9. The lowest BCUT2D eigenvalue weighted by molar-refractivity contribution is 0.00594. The van der Waals surface area contributed by atoms with Crippen LogP contribution >= 0.6 is 0 Å². The molecule has 3 aliphatic rings. The molecule has 0 aromatic carbocycles. The van der Waals surface area contributed by atoms with E-state index >= 15 is 0 Å². The number of piperidine rings is 1. The Balaban J connectivity index is 1.49. The van der Waals surface area contributed by atoms with Crippen molar-refractivity contribution >= 4 is 0 Å². The Morgan fingerprint density at radius 3 is 2.59 bits per heavy atom. The summed E-state index contributed by atoms with van der Waals surface area (Å²) >= 11 is 0. The van der Waals surface area contributed by atoms with Crippen LogP contribution in [0.4, 0.5) is 0 Å². The minimum absolute atomic E-state index is 0.558. The molecular weight excluding hydrogens is 208 g/mol. The maximum absolute atomic E-state index is 3.72. The summed E-state index contributed by atoms with van der Waals surface area (Å²) in [6.45, 7) is 8.85. The van der Waals surface area contributed by atoms with E-state index in [0.29, 0.717) is 5.41 Å². The van der Waals surface area contributed by atoms with Crippen LogP contribution in [0.1, 0.15) is 52.4 Å². The summed E-state index contributed by atoms with van der Waals surface area (Å²) < 4.78 is 0. The molecule has 98 valence electrons. The first kappa shape index (κ1) is 12.0. The smallest absolute Gasteiger partial charge is 0.0136 e. The summed E-state index contributed by atoms with van der Waals surface area (Å²) in [5.41, 5.74) is 0.558. The third-order valence-electron chi connectivity index (χ3n) is 5.02. The molecular formula is C15H28N2. The highest BCUT2D eigenvalue weighted by Gasteiger charge is 2.39. The summed E-state index contributed by atoms with van der Waals surface area (Å²) in [7, 11) is 0. The predicted octanol–water partition coefficient (Wildman–Crippen LogP) is 2.64. The summed E-state index contributed by atoms with van der Waals surface area (Å²) in [5, 5.41) is 3.72. The maximum atomic E-state index is 3.72. The van der Waals surface area contributed by atoms with E-state index in [2.05, 4.69) is 24.1 Å². The van der Waals surface area contributed by atoms with Gasteiger partial charge in [0, 0.05) is 18.6 Å². The van der Waals surface area contributed by atoms with E-state index in [4.69, 9.17) is 0 Å². The highest BCUT2D eigenvalue weighted by Crippen LogP contribution is 2.38. The van der Waals surface area contributed by atoms with Crippen LogP contribution in [0.5, 0.6) is 0 Å². The highest BCUT2D eigenvalue weighted by molar-refractivity contribution is 4.95. The lowest BCUT2D eigenvalue weighted by atomic mass is 9.75. The van der Waals surface area contributed by atoms with Crippen molar-refractivity contribution in [2.45, 2.75) is 64.5 Å². The standard InChI is InChI=1S/C15H28N2/c1-15(2)8-3-9-17(11-15)14-7-4-12(14)10-16-13-5-6-13/h12-14,16H,3-11H2,1-2H3. The van der Waals surface area contributed by atoms with Crippen LogP contribution < -0.4 is 5.32 Å². The number of nitrogens with one attached hydrogen (secondary N) is 1. The van der Waals surface area contributed by atoms with Gasteiger partial charge < -0.3 is 5.32 Å². The highest BCUT2D eigenvalue weighted by atomic mass is 15.2. The van der Waals surface area contributed by atoms with Crippen LogP contribution in [-0.2, 0) is 0 Å². The number of rotatable bonds is 4. The molecule has 2 saturated carbocycles. The molecule has 0 spiro atoms. The molecule has 1 saturated heterocycles. The van der Waals surface area contributed by atoms with Crippen LogP contribution in [0, 0.1) is 11.3 Å². The molecule has 2 nitrogen and oxygen atoms in total. The Kier molecular flexibility index (Phi) is 3.20. The Morgan fingerprint density at radius 2 is 2.00 bits per heavy atom. The largest absolute Gasteiger partial charge is 0.314 e. The van der Waals surface area contributed by atoms with Crippen LogP contribution in [0.2, 0.25) is 0 Å². The minimum Gasteiger partial charge on any atom is -0.314 e. The zero-order valence-corrected chi connectivity index (χ0v) is 11.5. The summed E-state index contributed by atoms with van der Waals surface area (Å²) in [5.74, 6) is 0.949. The third kappa shape index (κ3) is 2.85. The average Bonchev–Trinajstić information content (AvgIpc) is 2.98. The normalized spacial score (nSPS) is 37.8. The quantitative estimate of drug-likeness (QED) is 0.807. The van der Waals surface area contributed by atoms with Gasteiger partial charge in [-0.1, -0.05) is 13.8 Å². The van der Waals surface area contributed by atoms with Crippen molar-refractivity contribution in [1.29, 1.82) is 0 Å². The molecule has 1 aliphatic heterocycles. The van der Waals surface area contributed by atoms with Gasteiger partial charge in [-0.15, -0.1) is 0 Å². The van der Waals surface area contributed by atoms with Gasteiger partial charge in [0.1, 0.15) is 0 Å². The van der Waals surface area contributed by atoms with Crippen molar-refractivity contribution in [3.8, 4) is 0 Å². The summed E-state index contributed by atoms with van der Waals surface area (Å²) in [6.07, 6.45) is 8.59. The van der Waals surface area contributed by atoms with E-state index in [9.17, 15) is 0 Å². The molecule has 0 bridgehead atoms. The molecule has 0 aromatic heterocycles.